The third-order valence-corrected chi connectivity index (χ3v) is 7.09. The molecule has 206 valence electrons. The largest absolute Gasteiger partial charge is 0.458 e. The first-order valence-electron chi connectivity index (χ1n) is 12.9. The number of nitrogens with zero attached hydrogens (tertiary/aromatic N) is 2. The van der Waals surface area contributed by atoms with E-state index < -0.39 is 41.9 Å². The van der Waals surface area contributed by atoms with E-state index in [1.54, 1.807) is 42.8 Å². The predicted octanol–water partition coefficient (Wildman–Crippen LogP) is 4.96. The summed E-state index contributed by atoms with van der Waals surface area (Å²) in [6.45, 7) is 6.94. The Bertz CT molecular complexity index is 1380. The van der Waals surface area contributed by atoms with E-state index in [1.165, 1.54) is 19.1 Å². The summed E-state index contributed by atoms with van der Waals surface area (Å²) in [6, 6.07) is 12.5. The molecule has 2 amide bonds. The zero-order valence-corrected chi connectivity index (χ0v) is 22.3. The summed E-state index contributed by atoms with van der Waals surface area (Å²) < 4.78 is 31.0. The van der Waals surface area contributed by atoms with E-state index in [1.807, 2.05) is 30.3 Å². The molecule has 2 aliphatic rings. The fourth-order valence-corrected chi connectivity index (χ4v) is 5.66. The zero-order chi connectivity index (χ0) is 27.9. The minimum atomic E-state index is -0.781. The van der Waals surface area contributed by atoms with E-state index in [2.05, 4.69) is 4.98 Å². The molecule has 39 heavy (non-hydrogen) atoms. The third kappa shape index (κ3) is 5.41. The lowest BCUT2D eigenvalue weighted by atomic mass is 9.91. The Morgan fingerprint density at radius 3 is 2.41 bits per heavy atom. The van der Waals surface area contributed by atoms with Crippen molar-refractivity contribution in [1.29, 1.82) is 0 Å². The number of likely N-dealkylation sites (tertiary alicyclic amines) is 2. The summed E-state index contributed by atoms with van der Waals surface area (Å²) in [5.74, 6) is -1.28. The van der Waals surface area contributed by atoms with Gasteiger partial charge in [0.05, 0.1) is 18.6 Å². The molecule has 0 bridgehead atoms. The van der Waals surface area contributed by atoms with Crippen LogP contribution in [-0.2, 0) is 25.6 Å². The van der Waals surface area contributed by atoms with Crippen LogP contribution in [0, 0.1) is 5.82 Å². The molecule has 2 aliphatic heterocycles. The van der Waals surface area contributed by atoms with E-state index in [0.717, 1.165) is 16.5 Å². The third-order valence-electron chi connectivity index (χ3n) is 7.09. The highest BCUT2D eigenvalue weighted by Gasteiger charge is 2.59. The lowest BCUT2D eigenvalue weighted by Crippen LogP contribution is -2.46. The van der Waals surface area contributed by atoms with E-state index in [0.29, 0.717) is 5.52 Å². The number of aromatic amines is 1. The number of nitrogens with one attached hydrogen (secondary N) is 1. The number of esters is 1. The average Bonchev–Trinajstić information content (AvgIpc) is 3.55. The molecular formula is C29H32FN3O6. The van der Waals surface area contributed by atoms with Gasteiger partial charge in [0.2, 0.25) is 0 Å². The summed E-state index contributed by atoms with van der Waals surface area (Å²) in [6.07, 6.45) is -0.151. The van der Waals surface area contributed by atoms with Gasteiger partial charge in [-0.15, -0.1) is 0 Å². The zero-order valence-electron chi connectivity index (χ0n) is 22.3. The number of fused-ring (bicyclic) bond motifs is 2. The molecule has 5 rings (SSSR count). The number of amides is 2. The van der Waals surface area contributed by atoms with Crippen LogP contribution in [0.4, 0.5) is 14.0 Å². The smallest absolute Gasteiger partial charge is 0.410 e. The van der Waals surface area contributed by atoms with E-state index in [9.17, 15) is 18.8 Å². The van der Waals surface area contributed by atoms with Gasteiger partial charge < -0.3 is 19.2 Å². The van der Waals surface area contributed by atoms with Gasteiger partial charge in [-0.2, -0.15) is 0 Å². The number of aromatic nitrogens is 1. The van der Waals surface area contributed by atoms with Crippen LogP contribution in [0.15, 0.2) is 54.7 Å². The molecule has 0 saturated carbocycles. The van der Waals surface area contributed by atoms with Crippen molar-refractivity contribution in [3.63, 3.8) is 0 Å². The van der Waals surface area contributed by atoms with Crippen LogP contribution in [0.3, 0.4) is 0 Å². The molecule has 3 heterocycles. The van der Waals surface area contributed by atoms with Gasteiger partial charge in [0.25, 0.3) is 0 Å². The second-order valence-corrected chi connectivity index (χ2v) is 11.0. The molecular weight excluding hydrogens is 505 g/mol. The second kappa shape index (κ2) is 10.2. The Morgan fingerprint density at radius 1 is 1.00 bits per heavy atom. The van der Waals surface area contributed by atoms with Crippen molar-refractivity contribution in [2.75, 3.05) is 13.1 Å². The molecule has 0 spiro atoms. The quantitative estimate of drug-likeness (QED) is 0.373. The predicted molar refractivity (Wildman–Crippen MR) is 140 cm³/mol. The van der Waals surface area contributed by atoms with Gasteiger partial charge >= 0.3 is 18.2 Å². The summed E-state index contributed by atoms with van der Waals surface area (Å²) in [7, 11) is 0. The molecule has 10 heteroatoms. The van der Waals surface area contributed by atoms with Crippen LogP contribution in [0.2, 0.25) is 0 Å². The van der Waals surface area contributed by atoms with Crippen LogP contribution >= 0.6 is 0 Å². The standard InChI is InChI=1S/C29H32FN3O6/c1-17(34)38-24-15-33(28(36)39-29(2,3)4)25-22(21-13-31-23-12-19(30)10-11-20(21)23)14-32(26(24)25)27(35)37-16-18-8-6-5-7-9-18/h5-13,22,24-26,31H,14-16H2,1-4H3/t22-,24+,25+,26+/m0/s1. The molecule has 0 aliphatic carbocycles. The molecule has 2 fully saturated rings. The number of H-pyrrole nitrogens is 1. The molecule has 1 aromatic heterocycles. The van der Waals surface area contributed by atoms with Crippen molar-refractivity contribution in [2.24, 2.45) is 0 Å². The SMILES string of the molecule is CC(=O)O[C@@H]1CN(C(=O)OC(C)(C)C)[C@H]2[C@@H]1N(C(=O)OCc1ccccc1)C[C@H]2c1c[nH]c2cc(F)ccc12. The molecule has 9 nitrogen and oxygen atoms in total. The molecule has 3 aromatic rings. The number of halogens is 1. The Hall–Kier alpha value is -4.08. The van der Waals surface area contributed by atoms with Crippen LogP contribution in [0.1, 0.15) is 44.7 Å². The minimum Gasteiger partial charge on any atom is -0.458 e. The van der Waals surface area contributed by atoms with Gasteiger partial charge in [-0.25, -0.2) is 14.0 Å². The highest BCUT2D eigenvalue weighted by atomic mass is 19.1. The molecule has 1 N–H and O–H groups in total. The highest BCUT2D eigenvalue weighted by molar-refractivity contribution is 5.84. The molecule has 4 atom stereocenters. The lowest BCUT2D eigenvalue weighted by Gasteiger charge is -2.30. The number of ether oxygens (including phenoxy) is 3. The summed E-state index contributed by atoms with van der Waals surface area (Å²) in [4.78, 5) is 45.2. The second-order valence-electron chi connectivity index (χ2n) is 11.0. The summed E-state index contributed by atoms with van der Waals surface area (Å²) in [5.41, 5.74) is 1.49. The van der Waals surface area contributed by atoms with Gasteiger partial charge in [-0.05, 0) is 50.1 Å². The normalized spacial score (nSPS) is 22.6. The Balaban J connectivity index is 1.53. The maximum absolute atomic E-state index is 13.9. The van der Waals surface area contributed by atoms with Gasteiger partial charge in [-0.3, -0.25) is 14.6 Å². The molecule has 0 unspecified atom stereocenters. The van der Waals surface area contributed by atoms with Crippen LogP contribution in [-0.4, -0.2) is 69.8 Å². The first kappa shape index (κ1) is 26.5. The van der Waals surface area contributed by atoms with Crippen LogP contribution in [0.25, 0.3) is 10.9 Å². The fourth-order valence-electron chi connectivity index (χ4n) is 5.66. The van der Waals surface area contributed by atoms with Gasteiger partial charge in [0, 0.05) is 36.5 Å². The van der Waals surface area contributed by atoms with E-state index >= 15 is 0 Å². The number of hydrogen-bond donors (Lipinski definition) is 1. The Labute approximate surface area is 225 Å². The number of rotatable bonds is 4. The fraction of sp³-hybridized carbons (Fsp3) is 0.414. The maximum atomic E-state index is 13.9. The van der Waals surface area contributed by atoms with Gasteiger partial charge in [0.1, 0.15) is 24.1 Å². The Morgan fingerprint density at radius 2 is 1.72 bits per heavy atom. The van der Waals surface area contributed by atoms with E-state index in [-0.39, 0.29) is 31.4 Å². The first-order chi connectivity index (χ1) is 18.5. The van der Waals surface area contributed by atoms with Gasteiger partial charge in [-0.1, -0.05) is 30.3 Å². The van der Waals surface area contributed by atoms with Gasteiger partial charge in [0.15, 0.2) is 0 Å². The van der Waals surface area contributed by atoms with Crippen molar-refractivity contribution in [3.05, 3.63) is 71.7 Å². The van der Waals surface area contributed by atoms with Crippen molar-refractivity contribution in [3.8, 4) is 0 Å². The van der Waals surface area contributed by atoms with Crippen LogP contribution in [0.5, 0.6) is 0 Å². The molecule has 2 aromatic carbocycles. The number of carbonyl (C=O) groups excluding carboxylic acids is 3. The minimum absolute atomic E-state index is 0.0553. The Kier molecular flexibility index (Phi) is 6.96. The number of benzene rings is 2. The highest BCUT2D eigenvalue weighted by Crippen LogP contribution is 2.44. The van der Waals surface area contributed by atoms with Crippen molar-refractivity contribution < 1.29 is 33.0 Å². The molecule has 2 saturated heterocycles. The maximum Gasteiger partial charge on any atom is 0.410 e. The lowest BCUT2D eigenvalue weighted by molar-refractivity contribution is -0.147. The van der Waals surface area contributed by atoms with Crippen LogP contribution < -0.4 is 0 Å². The van der Waals surface area contributed by atoms with Crippen molar-refractivity contribution >= 4 is 29.1 Å². The van der Waals surface area contributed by atoms with E-state index in [4.69, 9.17) is 14.2 Å². The number of carbonyl (C=O) groups is 3. The summed E-state index contributed by atoms with van der Waals surface area (Å²) in [5, 5.41) is 0.778. The topological polar surface area (TPSA) is 101 Å². The monoisotopic (exact) mass is 537 g/mol. The first-order valence-corrected chi connectivity index (χ1v) is 12.9. The summed E-state index contributed by atoms with van der Waals surface area (Å²) >= 11 is 0. The van der Waals surface area contributed by atoms with Crippen molar-refractivity contribution in [2.45, 2.75) is 64.0 Å². The average molecular weight is 538 g/mol. The molecule has 0 radical (unpaired) electrons. The van der Waals surface area contributed by atoms with Crippen molar-refractivity contribution in [1.82, 2.24) is 14.8 Å². The number of hydrogen-bond acceptors (Lipinski definition) is 6.